The molecule has 1 heterocycles. The summed E-state index contributed by atoms with van der Waals surface area (Å²) in [5.41, 5.74) is 0. The van der Waals surface area contributed by atoms with E-state index < -0.39 is 22.1 Å². The molecule has 0 aromatic carbocycles. The zero-order chi connectivity index (χ0) is 15.3. The van der Waals surface area contributed by atoms with Crippen molar-refractivity contribution in [2.45, 2.75) is 39.2 Å². The van der Waals surface area contributed by atoms with Crippen LogP contribution in [0.1, 0.15) is 33.1 Å². The van der Waals surface area contributed by atoms with E-state index in [-0.39, 0.29) is 25.6 Å². The highest BCUT2D eigenvalue weighted by Crippen LogP contribution is 2.22. The minimum absolute atomic E-state index is 0.00738. The summed E-state index contributed by atoms with van der Waals surface area (Å²) in [4.78, 5) is 11.0. The summed E-state index contributed by atoms with van der Waals surface area (Å²) in [6.07, 6.45) is 1.16. The van der Waals surface area contributed by atoms with E-state index in [1.807, 2.05) is 6.07 Å². The van der Waals surface area contributed by atoms with E-state index in [4.69, 9.17) is 10.4 Å². The minimum atomic E-state index is -3.71. The van der Waals surface area contributed by atoms with Gasteiger partial charge in [-0.05, 0) is 26.7 Å². The molecule has 1 aliphatic heterocycles. The SMILES string of the molecule is CC(C)N(CCC#N)S(=O)(=O)N1CCCC(C(=O)O)C1. The molecule has 8 heteroatoms. The smallest absolute Gasteiger partial charge is 0.307 e. The molecule has 7 nitrogen and oxygen atoms in total. The van der Waals surface area contributed by atoms with Crippen molar-refractivity contribution >= 4 is 16.2 Å². The van der Waals surface area contributed by atoms with Crippen molar-refractivity contribution in [3.63, 3.8) is 0 Å². The number of hydrogen-bond donors (Lipinski definition) is 1. The molecule has 1 fully saturated rings. The van der Waals surface area contributed by atoms with E-state index in [1.165, 1.54) is 8.61 Å². The summed E-state index contributed by atoms with van der Waals surface area (Å²) in [6, 6.07) is 1.67. The summed E-state index contributed by atoms with van der Waals surface area (Å²) in [5, 5.41) is 17.7. The van der Waals surface area contributed by atoms with E-state index in [9.17, 15) is 13.2 Å². The fourth-order valence-electron chi connectivity index (χ4n) is 2.30. The number of carbonyl (C=O) groups is 1. The zero-order valence-electron chi connectivity index (χ0n) is 11.8. The number of nitrogens with zero attached hydrogens (tertiary/aromatic N) is 3. The Bertz CT molecular complexity index is 483. The van der Waals surface area contributed by atoms with Gasteiger partial charge in [-0.1, -0.05) is 0 Å². The lowest BCUT2D eigenvalue weighted by Crippen LogP contribution is -2.51. The molecule has 1 aliphatic rings. The quantitative estimate of drug-likeness (QED) is 0.776. The van der Waals surface area contributed by atoms with Gasteiger partial charge in [0.1, 0.15) is 0 Å². The van der Waals surface area contributed by atoms with Crippen molar-refractivity contribution in [2.75, 3.05) is 19.6 Å². The Morgan fingerprint density at radius 2 is 2.20 bits per heavy atom. The van der Waals surface area contributed by atoms with Gasteiger partial charge in [-0.15, -0.1) is 0 Å². The Morgan fingerprint density at radius 1 is 1.55 bits per heavy atom. The Morgan fingerprint density at radius 3 is 2.70 bits per heavy atom. The van der Waals surface area contributed by atoms with E-state index in [0.717, 1.165) is 0 Å². The summed E-state index contributed by atoms with van der Waals surface area (Å²) < 4.78 is 27.6. The maximum atomic E-state index is 12.6. The van der Waals surface area contributed by atoms with Crippen molar-refractivity contribution in [1.29, 1.82) is 5.26 Å². The average molecular weight is 303 g/mol. The molecule has 20 heavy (non-hydrogen) atoms. The minimum Gasteiger partial charge on any atom is -0.481 e. The lowest BCUT2D eigenvalue weighted by atomic mass is 10.0. The Labute approximate surface area is 120 Å². The molecular weight excluding hydrogens is 282 g/mol. The molecule has 0 aromatic rings. The Balaban J connectivity index is 2.89. The summed E-state index contributed by atoms with van der Waals surface area (Å²) in [5.74, 6) is -1.61. The van der Waals surface area contributed by atoms with Gasteiger partial charge in [0.25, 0.3) is 10.2 Å². The second-order valence-electron chi connectivity index (χ2n) is 5.16. The highest BCUT2D eigenvalue weighted by atomic mass is 32.2. The third-order valence-electron chi connectivity index (χ3n) is 3.38. The number of carboxylic acid groups (broad SMARTS) is 1. The molecule has 0 saturated carbocycles. The molecular formula is C12H21N3O4S. The van der Waals surface area contributed by atoms with Crippen LogP contribution in [-0.2, 0) is 15.0 Å². The number of aliphatic carboxylic acids is 1. The number of hydrogen-bond acceptors (Lipinski definition) is 4. The summed E-state index contributed by atoms with van der Waals surface area (Å²) >= 11 is 0. The van der Waals surface area contributed by atoms with Crippen LogP contribution in [0.15, 0.2) is 0 Å². The van der Waals surface area contributed by atoms with Gasteiger partial charge in [-0.25, -0.2) is 0 Å². The predicted molar refractivity (Wildman–Crippen MR) is 72.9 cm³/mol. The summed E-state index contributed by atoms with van der Waals surface area (Å²) in [6.45, 7) is 3.96. The average Bonchev–Trinajstić information content (AvgIpc) is 2.38. The van der Waals surface area contributed by atoms with Crippen LogP contribution in [0.5, 0.6) is 0 Å². The second kappa shape index (κ2) is 7.02. The number of nitriles is 1. The van der Waals surface area contributed by atoms with Gasteiger partial charge in [-0.2, -0.15) is 22.3 Å². The first kappa shape index (κ1) is 16.9. The molecule has 1 saturated heterocycles. The number of rotatable bonds is 6. The first-order valence-corrected chi connectivity index (χ1v) is 8.07. The van der Waals surface area contributed by atoms with Crippen LogP contribution >= 0.6 is 0 Å². The monoisotopic (exact) mass is 303 g/mol. The fourth-order valence-corrected chi connectivity index (χ4v) is 4.18. The van der Waals surface area contributed by atoms with Crippen LogP contribution in [0.2, 0.25) is 0 Å². The van der Waals surface area contributed by atoms with E-state index in [1.54, 1.807) is 13.8 Å². The molecule has 114 valence electrons. The van der Waals surface area contributed by atoms with Crippen molar-refractivity contribution in [2.24, 2.45) is 5.92 Å². The predicted octanol–water partition coefficient (Wildman–Crippen LogP) is 0.652. The third-order valence-corrected chi connectivity index (χ3v) is 5.56. The normalized spacial score (nSPS) is 21.1. The van der Waals surface area contributed by atoms with Crippen molar-refractivity contribution < 1.29 is 18.3 Å². The van der Waals surface area contributed by atoms with E-state index >= 15 is 0 Å². The van der Waals surface area contributed by atoms with Gasteiger partial charge < -0.3 is 5.11 Å². The summed E-state index contributed by atoms with van der Waals surface area (Å²) in [7, 11) is -3.71. The van der Waals surface area contributed by atoms with E-state index in [0.29, 0.717) is 19.4 Å². The first-order chi connectivity index (χ1) is 9.30. The van der Waals surface area contributed by atoms with Crippen molar-refractivity contribution in [3.8, 4) is 6.07 Å². The van der Waals surface area contributed by atoms with Gasteiger partial charge in [0.05, 0.1) is 12.0 Å². The van der Waals surface area contributed by atoms with Crippen LogP contribution in [0, 0.1) is 17.2 Å². The van der Waals surface area contributed by atoms with Gasteiger partial charge >= 0.3 is 5.97 Å². The van der Waals surface area contributed by atoms with Gasteiger partial charge in [0.2, 0.25) is 0 Å². The highest BCUT2D eigenvalue weighted by molar-refractivity contribution is 7.86. The molecule has 0 aromatic heterocycles. The maximum Gasteiger partial charge on any atom is 0.307 e. The standard InChI is InChI=1S/C12H21N3O4S/c1-10(2)15(8-4-6-13)20(18,19)14-7-3-5-11(9-14)12(16)17/h10-11H,3-5,7-9H2,1-2H3,(H,16,17). The van der Waals surface area contributed by atoms with E-state index in [2.05, 4.69) is 0 Å². The van der Waals surface area contributed by atoms with Gasteiger partial charge in [0, 0.05) is 32.1 Å². The fraction of sp³-hybridized carbons (Fsp3) is 0.833. The van der Waals surface area contributed by atoms with Crippen LogP contribution in [0.3, 0.4) is 0 Å². The topological polar surface area (TPSA) is 102 Å². The van der Waals surface area contributed by atoms with Gasteiger partial charge in [-0.3, -0.25) is 4.79 Å². The zero-order valence-corrected chi connectivity index (χ0v) is 12.6. The largest absolute Gasteiger partial charge is 0.481 e. The molecule has 0 aliphatic carbocycles. The third kappa shape index (κ3) is 3.91. The molecule has 1 N–H and O–H groups in total. The van der Waals surface area contributed by atoms with Crippen LogP contribution in [-0.4, -0.2) is 53.8 Å². The lowest BCUT2D eigenvalue weighted by Gasteiger charge is -2.35. The second-order valence-corrected chi connectivity index (χ2v) is 7.04. The molecule has 1 rings (SSSR count). The number of piperidine rings is 1. The number of carboxylic acids is 1. The highest BCUT2D eigenvalue weighted by Gasteiger charge is 2.36. The molecule has 0 radical (unpaired) electrons. The van der Waals surface area contributed by atoms with Crippen LogP contribution in [0.4, 0.5) is 0 Å². The molecule has 0 amide bonds. The van der Waals surface area contributed by atoms with Crippen LogP contribution < -0.4 is 0 Å². The molecule has 0 spiro atoms. The van der Waals surface area contributed by atoms with Crippen molar-refractivity contribution in [1.82, 2.24) is 8.61 Å². The van der Waals surface area contributed by atoms with Gasteiger partial charge in [0.15, 0.2) is 0 Å². The van der Waals surface area contributed by atoms with Crippen molar-refractivity contribution in [3.05, 3.63) is 0 Å². The Kier molecular flexibility index (Phi) is 5.92. The van der Waals surface area contributed by atoms with Crippen LogP contribution in [0.25, 0.3) is 0 Å². The molecule has 1 atom stereocenters. The first-order valence-electron chi connectivity index (χ1n) is 6.67. The lowest BCUT2D eigenvalue weighted by molar-refractivity contribution is -0.142. The molecule has 1 unspecified atom stereocenters. The Hall–Kier alpha value is -1.17. The molecule has 0 bridgehead atoms. The maximum absolute atomic E-state index is 12.6.